The molecule has 0 unspecified atom stereocenters. The molecule has 0 aliphatic rings. The van der Waals surface area contributed by atoms with Gasteiger partial charge in [-0.15, -0.1) is 0 Å². The summed E-state index contributed by atoms with van der Waals surface area (Å²) in [5.74, 6) is -0.376. The third-order valence-electron chi connectivity index (χ3n) is 5.45. The van der Waals surface area contributed by atoms with Crippen molar-refractivity contribution in [3.8, 4) is 0 Å². The molecule has 3 aromatic carbocycles. The lowest BCUT2D eigenvalue weighted by molar-refractivity contribution is 0.0939. The zero-order chi connectivity index (χ0) is 23.6. The first kappa shape index (κ1) is 23.8. The Morgan fingerprint density at radius 3 is 2.28 bits per heavy atom. The standard InChI is InChI=1S/C25H27ClN2O3S/c1-15-7-6-8-21(11-15)28-32(30,31)24-14-20(9-10-23(24)26)25(29)27-19(5)22-13-17(3)16(2)12-18(22)4/h6-14,19,28H,1-5H3,(H,27,29)/t19-/m1/s1. The van der Waals surface area contributed by atoms with Crippen molar-refractivity contribution >= 4 is 33.2 Å². The Labute approximate surface area is 194 Å². The van der Waals surface area contributed by atoms with Gasteiger partial charge in [0.25, 0.3) is 15.9 Å². The van der Waals surface area contributed by atoms with Crippen LogP contribution >= 0.6 is 11.6 Å². The summed E-state index contributed by atoms with van der Waals surface area (Å²) >= 11 is 6.19. The Balaban J connectivity index is 1.86. The summed E-state index contributed by atoms with van der Waals surface area (Å²) in [7, 11) is -3.98. The van der Waals surface area contributed by atoms with Crippen molar-refractivity contribution in [2.45, 2.75) is 45.6 Å². The second-order valence-electron chi connectivity index (χ2n) is 8.11. The number of nitrogens with one attached hydrogen (secondary N) is 2. The number of halogens is 1. The quantitative estimate of drug-likeness (QED) is 0.473. The summed E-state index contributed by atoms with van der Waals surface area (Å²) in [5, 5.41) is 3.00. The largest absolute Gasteiger partial charge is 0.346 e. The smallest absolute Gasteiger partial charge is 0.263 e. The molecule has 0 aliphatic heterocycles. The molecule has 32 heavy (non-hydrogen) atoms. The number of rotatable bonds is 6. The zero-order valence-electron chi connectivity index (χ0n) is 18.8. The SMILES string of the molecule is Cc1cccc(NS(=O)(=O)c2cc(C(=O)N[C@H](C)c3cc(C)c(C)cc3C)ccc2Cl)c1. The Morgan fingerprint density at radius 1 is 0.906 bits per heavy atom. The van der Waals surface area contributed by atoms with Gasteiger partial charge in [-0.2, -0.15) is 0 Å². The molecule has 0 fully saturated rings. The first-order chi connectivity index (χ1) is 15.0. The van der Waals surface area contributed by atoms with Crippen LogP contribution in [0.1, 0.15) is 51.1 Å². The highest BCUT2D eigenvalue weighted by Crippen LogP contribution is 2.26. The summed E-state index contributed by atoms with van der Waals surface area (Å²) in [5.41, 5.74) is 6.00. The normalized spacial score (nSPS) is 12.3. The molecule has 0 spiro atoms. The lowest BCUT2D eigenvalue weighted by atomic mass is 9.96. The van der Waals surface area contributed by atoms with Crippen molar-refractivity contribution in [2.24, 2.45) is 0 Å². The second kappa shape index (κ2) is 9.35. The molecule has 5 nitrogen and oxygen atoms in total. The molecule has 1 amide bonds. The van der Waals surface area contributed by atoms with Gasteiger partial charge in [0, 0.05) is 11.3 Å². The maximum Gasteiger partial charge on any atom is 0.263 e. The maximum absolute atomic E-state index is 12.9. The van der Waals surface area contributed by atoms with Crippen molar-refractivity contribution in [2.75, 3.05) is 4.72 Å². The number of carbonyl (C=O) groups excluding carboxylic acids is 1. The zero-order valence-corrected chi connectivity index (χ0v) is 20.4. The molecule has 3 rings (SSSR count). The Kier molecular flexibility index (Phi) is 6.96. The van der Waals surface area contributed by atoms with Gasteiger partial charge in [-0.05, 0) is 92.8 Å². The van der Waals surface area contributed by atoms with E-state index in [1.807, 2.05) is 33.8 Å². The lowest BCUT2D eigenvalue weighted by Crippen LogP contribution is -2.27. The fourth-order valence-corrected chi connectivity index (χ4v) is 5.15. The summed E-state index contributed by atoms with van der Waals surface area (Å²) < 4.78 is 28.4. The van der Waals surface area contributed by atoms with Crippen LogP contribution in [0.25, 0.3) is 0 Å². The number of amides is 1. The van der Waals surface area contributed by atoms with Gasteiger partial charge in [0.15, 0.2) is 0 Å². The molecule has 0 bridgehead atoms. The van der Waals surface area contributed by atoms with Crippen LogP contribution in [0.15, 0.2) is 59.5 Å². The van der Waals surface area contributed by atoms with Gasteiger partial charge >= 0.3 is 0 Å². The fourth-order valence-electron chi connectivity index (χ4n) is 3.58. The van der Waals surface area contributed by atoms with Crippen LogP contribution in [0.3, 0.4) is 0 Å². The third-order valence-corrected chi connectivity index (χ3v) is 7.31. The van der Waals surface area contributed by atoms with Gasteiger partial charge in [0.2, 0.25) is 0 Å². The molecule has 0 aromatic heterocycles. The number of hydrogen-bond donors (Lipinski definition) is 2. The van der Waals surface area contributed by atoms with Gasteiger partial charge < -0.3 is 5.32 Å². The lowest BCUT2D eigenvalue weighted by Gasteiger charge is -2.19. The highest BCUT2D eigenvalue weighted by Gasteiger charge is 2.22. The van der Waals surface area contributed by atoms with E-state index in [0.717, 1.165) is 22.3 Å². The molecule has 0 saturated carbocycles. The predicted octanol–water partition coefficient (Wildman–Crippen LogP) is 5.87. The molecule has 0 saturated heterocycles. The van der Waals surface area contributed by atoms with Gasteiger partial charge in [-0.25, -0.2) is 8.42 Å². The van der Waals surface area contributed by atoms with Crippen molar-refractivity contribution in [3.05, 3.63) is 93.0 Å². The van der Waals surface area contributed by atoms with Crippen LogP contribution in [0.5, 0.6) is 0 Å². The number of sulfonamides is 1. The van der Waals surface area contributed by atoms with Crippen molar-refractivity contribution in [1.82, 2.24) is 5.32 Å². The Bertz CT molecular complexity index is 1290. The van der Waals surface area contributed by atoms with Crippen LogP contribution in [-0.2, 0) is 10.0 Å². The van der Waals surface area contributed by atoms with E-state index in [1.165, 1.54) is 23.8 Å². The summed E-state index contributed by atoms with van der Waals surface area (Å²) in [6.45, 7) is 9.87. The molecular weight excluding hydrogens is 444 g/mol. The topological polar surface area (TPSA) is 75.3 Å². The van der Waals surface area contributed by atoms with Gasteiger partial charge in [-0.3, -0.25) is 9.52 Å². The second-order valence-corrected chi connectivity index (χ2v) is 10.2. The monoisotopic (exact) mass is 470 g/mol. The third kappa shape index (κ3) is 5.31. The minimum atomic E-state index is -3.98. The van der Waals surface area contributed by atoms with Gasteiger partial charge in [-0.1, -0.05) is 35.9 Å². The van der Waals surface area contributed by atoms with Crippen molar-refractivity contribution in [1.29, 1.82) is 0 Å². The molecule has 7 heteroatoms. The number of carbonyl (C=O) groups is 1. The minimum absolute atomic E-state index is 0.0414. The van der Waals surface area contributed by atoms with E-state index in [-0.39, 0.29) is 27.4 Å². The number of aryl methyl sites for hydroxylation is 4. The van der Waals surface area contributed by atoms with Gasteiger partial charge in [0.1, 0.15) is 4.90 Å². The van der Waals surface area contributed by atoms with E-state index in [2.05, 4.69) is 29.1 Å². The predicted molar refractivity (Wildman–Crippen MR) is 130 cm³/mol. The fraction of sp³-hybridized carbons (Fsp3) is 0.240. The molecule has 0 radical (unpaired) electrons. The van der Waals surface area contributed by atoms with E-state index in [1.54, 1.807) is 18.2 Å². The molecule has 3 aromatic rings. The van der Waals surface area contributed by atoms with E-state index in [4.69, 9.17) is 11.6 Å². The maximum atomic E-state index is 12.9. The van der Waals surface area contributed by atoms with Crippen LogP contribution in [-0.4, -0.2) is 14.3 Å². The molecular formula is C25H27ClN2O3S. The molecule has 0 aliphatic carbocycles. The first-order valence-corrected chi connectivity index (χ1v) is 12.1. The molecule has 168 valence electrons. The molecule has 1 atom stereocenters. The Hall–Kier alpha value is -2.83. The van der Waals surface area contributed by atoms with Crippen LogP contribution in [0, 0.1) is 27.7 Å². The Morgan fingerprint density at radius 2 is 1.59 bits per heavy atom. The first-order valence-electron chi connectivity index (χ1n) is 10.3. The average Bonchev–Trinajstić information content (AvgIpc) is 2.70. The number of anilines is 1. The minimum Gasteiger partial charge on any atom is -0.346 e. The summed E-state index contributed by atoms with van der Waals surface area (Å²) in [6.07, 6.45) is 0. The number of benzene rings is 3. The van der Waals surface area contributed by atoms with E-state index < -0.39 is 10.0 Å². The van der Waals surface area contributed by atoms with Crippen LogP contribution in [0.2, 0.25) is 5.02 Å². The van der Waals surface area contributed by atoms with E-state index in [0.29, 0.717) is 5.69 Å². The summed E-state index contributed by atoms with van der Waals surface area (Å²) in [4.78, 5) is 12.8. The molecule has 2 N–H and O–H groups in total. The highest BCUT2D eigenvalue weighted by atomic mass is 35.5. The van der Waals surface area contributed by atoms with E-state index in [9.17, 15) is 13.2 Å². The van der Waals surface area contributed by atoms with Crippen LogP contribution in [0.4, 0.5) is 5.69 Å². The van der Waals surface area contributed by atoms with Crippen molar-refractivity contribution in [3.63, 3.8) is 0 Å². The average molecular weight is 471 g/mol. The summed E-state index contributed by atoms with van der Waals surface area (Å²) in [6, 6.07) is 15.2. The highest BCUT2D eigenvalue weighted by molar-refractivity contribution is 7.92. The van der Waals surface area contributed by atoms with Gasteiger partial charge in [0.05, 0.1) is 11.1 Å². The van der Waals surface area contributed by atoms with Crippen LogP contribution < -0.4 is 10.0 Å². The molecule has 0 heterocycles. The van der Waals surface area contributed by atoms with Crippen molar-refractivity contribution < 1.29 is 13.2 Å². The number of hydrogen-bond acceptors (Lipinski definition) is 3. The van der Waals surface area contributed by atoms with E-state index >= 15 is 0 Å².